The van der Waals surface area contributed by atoms with Gasteiger partial charge in [0.25, 0.3) is 0 Å². The molecule has 3 N–H and O–H groups in total. The van der Waals surface area contributed by atoms with Crippen LogP contribution in [0.5, 0.6) is 17.2 Å². The van der Waals surface area contributed by atoms with Crippen molar-refractivity contribution in [2.75, 3.05) is 12.4 Å². The molecule has 1 aliphatic carbocycles. The summed E-state index contributed by atoms with van der Waals surface area (Å²) in [4.78, 5) is 13.0. The molecular formula is C23H20FNO4. The number of hydrogen-bond acceptors (Lipinski definition) is 4. The number of benzene rings is 3. The van der Waals surface area contributed by atoms with Gasteiger partial charge in [-0.05, 0) is 54.3 Å². The number of phenolic OH excluding ortho intramolecular Hbond substituents is 2. The summed E-state index contributed by atoms with van der Waals surface area (Å²) in [6.45, 7) is 0. The molecule has 0 spiro atoms. The van der Waals surface area contributed by atoms with Gasteiger partial charge in [0.2, 0.25) is 5.91 Å². The molecule has 0 aliphatic heterocycles. The first kappa shape index (κ1) is 18.8. The van der Waals surface area contributed by atoms with Crippen LogP contribution in [0, 0.1) is 5.82 Å². The summed E-state index contributed by atoms with van der Waals surface area (Å²) in [6, 6.07) is 16.2. The van der Waals surface area contributed by atoms with Crippen molar-refractivity contribution in [3.63, 3.8) is 0 Å². The molecule has 0 atom stereocenters. The van der Waals surface area contributed by atoms with Gasteiger partial charge in [-0.2, -0.15) is 0 Å². The van der Waals surface area contributed by atoms with Gasteiger partial charge in [0.15, 0.2) is 11.5 Å². The fraction of sp³-hybridized carbons (Fsp3) is 0.174. The molecule has 1 amide bonds. The fourth-order valence-corrected chi connectivity index (χ4v) is 3.51. The minimum atomic E-state index is -0.835. The normalized spacial score (nSPS) is 14.3. The van der Waals surface area contributed by atoms with Crippen LogP contribution < -0.4 is 10.1 Å². The highest BCUT2D eigenvalue weighted by Crippen LogP contribution is 2.50. The lowest BCUT2D eigenvalue weighted by atomic mass is 9.94. The van der Waals surface area contributed by atoms with Crippen molar-refractivity contribution in [2.45, 2.75) is 18.3 Å². The summed E-state index contributed by atoms with van der Waals surface area (Å²) >= 11 is 0. The highest BCUT2D eigenvalue weighted by Gasteiger charge is 2.51. The summed E-state index contributed by atoms with van der Waals surface area (Å²) in [6.07, 6.45) is 1.16. The van der Waals surface area contributed by atoms with Crippen LogP contribution in [0.2, 0.25) is 0 Å². The molecule has 1 aliphatic rings. The molecule has 0 saturated heterocycles. The van der Waals surface area contributed by atoms with Crippen LogP contribution in [0.4, 0.5) is 10.1 Å². The summed E-state index contributed by atoms with van der Waals surface area (Å²) in [7, 11) is 1.56. The molecule has 148 valence electrons. The molecule has 3 aromatic carbocycles. The molecule has 3 aromatic rings. The molecule has 0 radical (unpaired) electrons. The molecule has 5 nitrogen and oxygen atoms in total. The van der Waals surface area contributed by atoms with Crippen LogP contribution in [0.15, 0.2) is 60.7 Å². The lowest BCUT2D eigenvalue weighted by Gasteiger charge is -2.17. The monoisotopic (exact) mass is 393 g/mol. The van der Waals surface area contributed by atoms with E-state index < -0.39 is 11.2 Å². The Labute approximate surface area is 167 Å². The maximum Gasteiger partial charge on any atom is 0.235 e. The van der Waals surface area contributed by atoms with Crippen molar-refractivity contribution in [3.05, 3.63) is 72.0 Å². The van der Waals surface area contributed by atoms with Gasteiger partial charge < -0.3 is 20.3 Å². The van der Waals surface area contributed by atoms with Gasteiger partial charge in [-0.25, -0.2) is 4.39 Å². The zero-order valence-corrected chi connectivity index (χ0v) is 15.8. The SMILES string of the molecule is COc1ccccc1-c1ccc(F)c(NC(=O)C2(c3ccc(O)c(O)c3)CC2)c1. The highest BCUT2D eigenvalue weighted by molar-refractivity contribution is 6.02. The second kappa shape index (κ2) is 7.13. The molecule has 0 heterocycles. The first-order valence-electron chi connectivity index (χ1n) is 9.21. The third kappa shape index (κ3) is 3.38. The van der Waals surface area contributed by atoms with Crippen LogP contribution in [0.25, 0.3) is 11.1 Å². The van der Waals surface area contributed by atoms with Crippen LogP contribution >= 0.6 is 0 Å². The van der Waals surface area contributed by atoms with Crippen molar-refractivity contribution in [3.8, 4) is 28.4 Å². The number of nitrogens with one attached hydrogen (secondary N) is 1. The maximum atomic E-state index is 14.4. The van der Waals surface area contributed by atoms with Gasteiger partial charge in [-0.1, -0.05) is 30.3 Å². The minimum absolute atomic E-state index is 0.0766. The van der Waals surface area contributed by atoms with E-state index in [1.165, 1.54) is 18.2 Å². The molecule has 6 heteroatoms. The topological polar surface area (TPSA) is 78.8 Å². The first-order valence-corrected chi connectivity index (χ1v) is 9.21. The predicted octanol–water partition coefficient (Wildman–Crippen LogP) is 4.58. The minimum Gasteiger partial charge on any atom is -0.504 e. The van der Waals surface area contributed by atoms with Crippen molar-refractivity contribution in [1.29, 1.82) is 0 Å². The predicted molar refractivity (Wildman–Crippen MR) is 108 cm³/mol. The number of aromatic hydroxyl groups is 2. The Morgan fingerprint density at radius 3 is 2.48 bits per heavy atom. The first-order chi connectivity index (χ1) is 13.9. The van der Waals surface area contributed by atoms with E-state index in [1.54, 1.807) is 25.3 Å². The Morgan fingerprint density at radius 2 is 1.79 bits per heavy atom. The van der Waals surface area contributed by atoms with E-state index in [4.69, 9.17) is 4.74 Å². The summed E-state index contributed by atoms with van der Waals surface area (Å²) < 4.78 is 19.8. The number of anilines is 1. The van der Waals surface area contributed by atoms with E-state index in [0.29, 0.717) is 29.7 Å². The fourth-order valence-electron chi connectivity index (χ4n) is 3.51. The third-order valence-electron chi connectivity index (χ3n) is 5.35. The lowest BCUT2D eigenvalue weighted by molar-refractivity contribution is -0.118. The maximum absolute atomic E-state index is 14.4. The molecule has 4 rings (SSSR count). The number of para-hydroxylation sites is 1. The number of halogens is 1. The van der Waals surface area contributed by atoms with E-state index in [0.717, 1.165) is 5.56 Å². The average molecular weight is 393 g/mol. The zero-order chi connectivity index (χ0) is 20.6. The summed E-state index contributed by atoms with van der Waals surface area (Å²) in [5.41, 5.74) is 1.33. The number of ether oxygens (including phenoxy) is 1. The molecule has 0 bridgehead atoms. The van der Waals surface area contributed by atoms with Crippen LogP contribution in [0.1, 0.15) is 18.4 Å². The molecular weight excluding hydrogens is 373 g/mol. The van der Waals surface area contributed by atoms with Gasteiger partial charge in [-0.15, -0.1) is 0 Å². The lowest BCUT2D eigenvalue weighted by Crippen LogP contribution is -2.28. The number of carbonyl (C=O) groups is 1. The second-order valence-corrected chi connectivity index (χ2v) is 7.13. The van der Waals surface area contributed by atoms with Crippen molar-refractivity contribution in [2.24, 2.45) is 0 Å². The van der Waals surface area contributed by atoms with E-state index >= 15 is 0 Å². The van der Waals surface area contributed by atoms with Gasteiger partial charge in [0.1, 0.15) is 11.6 Å². The van der Waals surface area contributed by atoms with E-state index in [2.05, 4.69) is 5.32 Å². The van der Waals surface area contributed by atoms with Crippen LogP contribution in [-0.4, -0.2) is 23.2 Å². The quantitative estimate of drug-likeness (QED) is 0.555. The molecule has 0 aromatic heterocycles. The number of rotatable bonds is 5. The van der Waals surface area contributed by atoms with E-state index in [-0.39, 0.29) is 23.1 Å². The third-order valence-corrected chi connectivity index (χ3v) is 5.35. The molecule has 0 unspecified atom stereocenters. The standard InChI is InChI=1S/C23H20FNO4/c1-29-21-5-3-2-4-16(21)14-6-8-17(24)18(12-14)25-22(28)23(10-11-23)15-7-9-19(26)20(27)13-15/h2-9,12-13,26-27H,10-11H2,1H3,(H,25,28). The van der Waals surface area contributed by atoms with Gasteiger partial charge >= 0.3 is 0 Å². The second-order valence-electron chi connectivity index (χ2n) is 7.13. The van der Waals surface area contributed by atoms with Crippen molar-refractivity contribution in [1.82, 2.24) is 0 Å². The Balaban J connectivity index is 1.64. The number of phenols is 2. The van der Waals surface area contributed by atoms with Gasteiger partial charge in [0.05, 0.1) is 18.2 Å². The molecule has 29 heavy (non-hydrogen) atoms. The number of carbonyl (C=O) groups excluding carboxylic acids is 1. The van der Waals surface area contributed by atoms with Crippen LogP contribution in [0.3, 0.4) is 0 Å². The van der Waals surface area contributed by atoms with Gasteiger partial charge in [-0.3, -0.25) is 4.79 Å². The summed E-state index contributed by atoms with van der Waals surface area (Å²) in [5, 5.41) is 22.0. The van der Waals surface area contributed by atoms with Crippen molar-refractivity contribution < 1.29 is 24.1 Å². The Morgan fingerprint density at radius 1 is 1.03 bits per heavy atom. The average Bonchev–Trinajstić information content (AvgIpc) is 3.54. The Hall–Kier alpha value is -3.54. The Bertz CT molecular complexity index is 1090. The number of methoxy groups -OCH3 is 1. The molecule has 1 fully saturated rings. The largest absolute Gasteiger partial charge is 0.504 e. The van der Waals surface area contributed by atoms with Crippen molar-refractivity contribution >= 4 is 11.6 Å². The van der Waals surface area contributed by atoms with E-state index in [9.17, 15) is 19.4 Å². The molecule has 1 saturated carbocycles. The summed E-state index contributed by atoms with van der Waals surface area (Å²) in [5.74, 6) is -0.777. The number of amides is 1. The van der Waals surface area contributed by atoms with Gasteiger partial charge in [0, 0.05) is 5.56 Å². The Kier molecular flexibility index (Phi) is 4.62. The zero-order valence-electron chi connectivity index (χ0n) is 15.8. The highest BCUT2D eigenvalue weighted by atomic mass is 19.1. The van der Waals surface area contributed by atoms with Crippen LogP contribution in [-0.2, 0) is 10.2 Å². The smallest absolute Gasteiger partial charge is 0.235 e. The van der Waals surface area contributed by atoms with E-state index in [1.807, 2.05) is 24.3 Å². The number of hydrogen-bond donors (Lipinski definition) is 3.